The van der Waals surface area contributed by atoms with Crippen LogP contribution in [0.15, 0.2) is 0 Å². The minimum atomic E-state index is -0.0327. The average Bonchev–Trinajstić information content (AvgIpc) is 2.71. The molecular weight excluding hydrogens is 248 g/mol. The van der Waals surface area contributed by atoms with Gasteiger partial charge in [0.1, 0.15) is 5.78 Å². The van der Waals surface area contributed by atoms with E-state index in [0.717, 1.165) is 49.4 Å². The molecule has 4 fully saturated rings. The smallest absolute Gasteiger partial charge is 0.139 e. The van der Waals surface area contributed by atoms with E-state index in [4.69, 9.17) is 0 Å². The van der Waals surface area contributed by atoms with Gasteiger partial charge in [0.25, 0.3) is 0 Å². The monoisotopic (exact) mass is 276 g/mol. The Morgan fingerprint density at radius 1 is 1.00 bits per heavy atom. The fraction of sp³-hybridized carbons (Fsp3) is 0.944. The zero-order valence-electron chi connectivity index (χ0n) is 12.7. The molecule has 0 aromatic carbocycles. The van der Waals surface area contributed by atoms with Gasteiger partial charge in [-0.15, -0.1) is 0 Å². The molecule has 112 valence electrons. The van der Waals surface area contributed by atoms with E-state index in [1.54, 1.807) is 0 Å². The highest BCUT2D eigenvalue weighted by molar-refractivity contribution is 5.87. The molecule has 0 aliphatic heterocycles. The highest BCUT2D eigenvalue weighted by Gasteiger charge is 2.55. The molecule has 0 aromatic rings. The summed E-state index contributed by atoms with van der Waals surface area (Å²) >= 11 is 0. The van der Waals surface area contributed by atoms with Crippen LogP contribution < -0.4 is 0 Å². The van der Waals surface area contributed by atoms with Crippen molar-refractivity contribution in [3.63, 3.8) is 0 Å². The molecule has 0 bridgehead atoms. The second-order valence-corrected chi connectivity index (χ2v) is 8.41. The molecule has 4 rings (SSSR count). The van der Waals surface area contributed by atoms with Gasteiger partial charge in [-0.2, -0.15) is 0 Å². The van der Waals surface area contributed by atoms with Crippen LogP contribution in [0.3, 0.4) is 0 Å². The molecule has 0 aromatic heterocycles. The van der Waals surface area contributed by atoms with Gasteiger partial charge in [-0.3, -0.25) is 4.79 Å². The van der Waals surface area contributed by atoms with E-state index < -0.39 is 0 Å². The summed E-state index contributed by atoms with van der Waals surface area (Å²) in [5.74, 6) is 4.53. The molecule has 20 heavy (non-hydrogen) atoms. The number of carbonyl (C=O) groups is 1. The van der Waals surface area contributed by atoms with Gasteiger partial charge < -0.3 is 5.11 Å². The van der Waals surface area contributed by atoms with Crippen molar-refractivity contribution in [2.75, 3.05) is 0 Å². The van der Waals surface area contributed by atoms with Crippen molar-refractivity contribution in [3.8, 4) is 0 Å². The average molecular weight is 276 g/mol. The lowest BCUT2D eigenvalue weighted by atomic mass is 9.51. The van der Waals surface area contributed by atoms with Gasteiger partial charge in [0.05, 0.1) is 6.10 Å². The largest absolute Gasteiger partial charge is 0.393 e. The molecule has 0 saturated heterocycles. The van der Waals surface area contributed by atoms with Crippen molar-refractivity contribution >= 4 is 5.78 Å². The number of rotatable bonds is 0. The molecule has 4 aliphatic carbocycles. The predicted octanol–water partition coefficient (Wildman–Crippen LogP) is 3.57. The van der Waals surface area contributed by atoms with Crippen molar-refractivity contribution in [3.05, 3.63) is 0 Å². The molecule has 0 amide bonds. The lowest BCUT2D eigenvalue weighted by Crippen LogP contribution is -2.47. The van der Waals surface area contributed by atoms with Gasteiger partial charge in [-0.25, -0.2) is 0 Å². The van der Waals surface area contributed by atoms with Crippen LogP contribution in [0.25, 0.3) is 0 Å². The Balaban J connectivity index is 1.56. The van der Waals surface area contributed by atoms with Gasteiger partial charge in [-0.1, -0.05) is 6.92 Å². The highest BCUT2D eigenvalue weighted by atomic mass is 16.3. The maximum absolute atomic E-state index is 12.3. The predicted molar refractivity (Wildman–Crippen MR) is 78.1 cm³/mol. The molecule has 1 N–H and O–H groups in total. The van der Waals surface area contributed by atoms with Gasteiger partial charge in [0, 0.05) is 11.8 Å². The number of hydrogen-bond donors (Lipinski definition) is 1. The molecule has 4 unspecified atom stereocenters. The summed E-state index contributed by atoms with van der Waals surface area (Å²) in [4.78, 5) is 12.3. The number of fused-ring (bicyclic) bond motifs is 4. The minimum Gasteiger partial charge on any atom is -0.393 e. The summed E-state index contributed by atoms with van der Waals surface area (Å²) in [5.41, 5.74) is 0.0299. The van der Waals surface area contributed by atoms with Crippen LogP contribution in [0.1, 0.15) is 64.7 Å². The van der Waals surface area contributed by atoms with Crippen molar-refractivity contribution in [2.24, 2.45) is 35.0 Å². The number of carbonyl (C=O) groups excluding carboxylic acids is 1. The molecule has 4 saturated carbocycles. The first kappa shape index (κ1) is 13.3. The molecule has 0 radical (unpaired) electrons. The summed E-state index contributed by atoms with van der Waals surface area (Å²) < 4.78 is 0. The molecular formula is C18H28O2. The number of Topliss-reactive ketones (excluding diaryl/α,β-unsaturated/α-hetero) is 1. The van der Waals surface area contributed by atoms with Crippen LogP contribution in [0.4, 0.5) is 0 Å². The Labute approximate surface area is 122 Å². The zero-order valence-corrected chi connectivity index (χ0v) is 12.7. The second-order valence-electron chi connectivity index (χ2n) is 8.41. The SMILES string of the molecule is C[C@@]12CC3CC[C@H]4C[C@H](O)CCC4C3CC1CCC2=O. The van der Waals surface area contributed by atoms with E-state index >= 15 is 0 Å². The van der Waals surface area contributed by atoms with E-state index in [9.17, 15) is 9.90 Å². The molecule has 0 heterocycles. The fourth-order valence-corrected chi connectivity index (χ4v) is 6.44. The van der Waals surface area contributed by atoms with Crippen molar-refractivity contribution in [1.29, 1.82) is 0 Å². The molecule has 2 nitrogen and oxygen atoms in total. The van der Waals surface area contributed by atoms with Crippen molar-refractivity contribution < 1.29 is 9.90 Å². The van der Waals surface area contributed by atoms with Crippen LogP contribution in [-0.4, -0.2) is 17.0 Å². The van der Waals surface area contributed by atoms with Crippen LogP contribution >= 0.6 is 0 Å². The molecule has 2 heteroatoms. The Morgan fingerprint density at radius 2 is 1.80 bits per heavy atom. The van der Waals surface area contributed by atoms with Gasteiger partial charge >= 0.3 is 0 Å². The van der Waals surface area contributed by atoms with Gasteiger partial charge in [0.15, 0.2) is 0 Å². The van der Waals surface area contributed by atoms with Crippen molar-refractivity contribution in [1.82, 2.24) is 0 Å². The Hall–Kier alpha value is -0.370. The first-order chi connectivity index (χ1) is 9.58. The van der Waals surface area contributed by atoms with Crippen LogP contribution in [0.5, 0.6) is 0 Å². The maximum Gasteiger partial charge on any atom is 0.139 e. The van der Waals surface area contributed by atoms with Gasteiger partial charge in [0.2, 0.25) is 0 Å². The summed E-state index contributed by atoms with van der Waals surface area (Å²) in [6.45, 7) is 2.26. The van der Waals surface area contributed by atoms with Crippen LogP contribution in [-0.2, 0) is 4.79 Å². The maximum atomic E-state index is 12.3. The lowest BCUT2D eigenvalue weighted by Gasteiger charge is -2.53. The fourth-order valence-electron chi connectivity index (χ4n) is 6.44. The summed E-state index contributed by atoms with van der Waals surface area (Å²) in [5, 5.41) is 9.93. The third-order valence-electron chi connectivity index (χ3n) is 7.58. The second kappa shape index (κ2) is 4.56. The van der Waals surface area contributed by atoms with Crippen LogP contribution in [0, 0.1) is 35.0 Å². The Bertz CT molecular complexity index is 418. The van der Waals surface area contributed by atoms with E-state index in [0.29, 0.717) is 11.7 Å². The number of aliphatic hydroxyl groups excluding tert-OH is 1. The van der Waals surface area contributed by atoms with E-state index in [1.165, 1.54) is 32.1 Å². The number of hydrogen-bond acceptors (Lipinski definition) is 2. The molecule has 7 atom stereocenters. The lowest BCUT2D eigenvalue weighted by molar-refractivity contribution is -0.132. The first-order valence-electron chi connectivity index (χ1n) is 8.79. The summed E-state index contributed by atoms with van der Waals surface area (Å²) in [7, 11) is 0. The summed E-state index contributed by atoms with van der Waals surface area (Å²) in [6.07, 6.45) is 10.4. The summed E-state index contributed by atoms with van der Waals surface area (Å²) in [6, 6.07) is 0. The van der Waals surface area contributed by atoms with Crippen molar-refractivity contribution in [2.45, 2.75) is 70.8 Å². The minimum absolute atomic E-state index is 0.0299. The van der Waals surface area contributed by atoms with Crippen LogP contribution in [0.2, 0.25) is 0 Å². The molecule has 0 spiro atoms. The standard InChI is InChI=1S/C18H28O2/c1-18-10-12-3-2-11-8-14(19)5-6-15(11)16(12)9-13(18)4-7-17(18)20/h11-16,19H,2-10H2,1H3/t11-,12?,13?,14+,15?,16?,18+/m0/s1. The normalized spacial score (nSPS) is 55.0. The first-order valence-corrected chi connectivity index (χ1v) is 8.79. The number of aliphatic hydroxyl groups is 1. The topological polar surface area (TPSA) is 37.3 Å². The third-order valence-corrected chi connectivity index (χ3v) is 7.58. The highest BCUT2D eigenvalue weighted by Crippen LogP contribution is 2.60. The quantitative estimate of drug-likeness (QED) is 0.734. The van der Waals surface area contributed by atoms with E-state index in [-0.39, 0.29) is 11.5 Å². The third kappa shape index (κ3) is 1.83. The number of ketones is 1. The Kier molecular flexibility index (Phi) is 3.03. The zero-order chi connectivity index (χ0) is 13.9. The Morgan fingerprint density at radius 3 is 2.65 bits per heavy atom. The molecule has 4 aliphatic rings. The van der Waals surface area contributed by atoms with E-state index in [1.807, 2.05) is 0 Å². The van der Waals surface area contributed by atoms with E-state index in [2.05, 4.69) is 6.92 Å². The van der Waals surface area contributed by atoms with Gasteiger partial charge in [-0.05, 0) is 81.0 Å².